The molecule has 0 saturated carbocycles. The lowest BCUT2D eigenvalue weighted by atomic mass is 10.2. The minimum Gasteiger partial charge on any atom is -0.467 e. The minimum atomic E-state index is -0.128. The summed E-state index contributed by atoms with van der Waals surface area (Å²) in [5.41, 5.74) is 1.19. The van der Waals surface area contributed by atoms with Gasteiger partial charge in [0.1, 0.15) is 5.76 Å². The van der Waals surface area contributed by atoms with Crippen molar-refractivity contribution in [3.8, 4) is 0 Å². The zero-order valence-corrected chi connectivity index (χ0v) is 15.9. The number of aromatic nitrogens is 2. The number of nitrogens with zero attached hydrogens (tertiary/aromatic N) is 3. The number of hydrogen-bond donors (Lipinski definition) is 1. The number of rotatable bonds is 7. The third-order valence-corrected chi connectivity index (χ3v) is 4.90. The van der Waals surface area contributed by atoms with Crippen LogP contribution in [0, 0.1) is 0 Å². The monoisotopic (exact) mass is 384 g/mol. The van der Waals surface area contributed by atoms with Gasteiger partial charge in [0.2, 0.25) is 5.91 Å². The molecular weight excluding hydrogens is 364 g/mol. The molecule has 0 spiro atoms. The van der Waals surface area contributed by atoms with Crippen LogP contribution in [0.1, 0.15) is 16.1 Å². The maximum absolute atomic E-state index is 12.5. The van der Waals surface area contributed by atoms with E-state index in [2.05, 4.69) is 10.3 Å². The van der Waals surface area contributed by atoms with Gasteiger partial charge in [-0.1, -0.05) is 11.8 Å². The third-order valence-electron chi connectivity index (χ3n) is 3.84. The molecule has 0 aliphatic carbocycles. The summed E-state index contributed by atoms with van der Waals surface area (Å²) in [6.45, 7) is 0.398. The molecule has 0 aliphatic rings. The van der Waals surface area contributed by atoms with Gasteiger partial charge in [0.05, 0.1) is 18.6 Å². The van der Waals surface area contributed by atoms with E-state index in [1.54, 1.807) is 54.7 Å². The van der Waals surface area contributed by atoms with Gasteiger partial charge in [-0.25, -0.2) is 4.98 Å². The molecule has 0 unspecified atom stereocenters. The number of furan rings is 1. The van der Waals surface area contributed by atoms with Gasteiger partial charge in [0, 0.05) is 37.7 Å². The van der Waals surface area contributed by atoms with Gasteiger partial charge in [-0.3, -0.25) is 9.59 Å². The summed E-state index contributed by atoms with van der Waals surface area (Å²) >= 11 is 1.36. The Morgan fingerprint density at radius 2 is 2.04 bits per heavy atom. The van der Waals surface area contributed by atoms with Crippen molar-refractivity contribution in [1.82, 2.24) is 14.5 Å². The second-order valence-corrected chi connectivity index (χ2v) is 6.92. The van der Waals surface area contributed by atoms with E-state index in [1.165, 1.54) is 11.8 Å². The van der Waals surface area contributed by atoms with Crippen LogP contribution in [0.5, 0.6) is 0 Å². The van der Waals surface area contributed by atoms with Crippen LogP contribution in [0.4, 0.5) is 5.69 Å². The van der Waals surface area contributed by atoms with Crippen LogP contribution in [0.25, 0.3) is 0 Å². The lowest BCUT2D eigenvalue weighted by Crippen LogP contribution is -2.26. The summed E-state index contributed by atoms with van der Waals surface area (Å²) < 4.78 is 7.12. The maximum Gasteiger partial charge on any atom is 0.254 e. The zero-order valence-electron chi connectivity index (χ0n) is 15.1. The number of hydrogen-bond acceptors (Lipinski definition) is 5. The van der Waals surface area contributed by atoms with Crippen molar-refractivity contribution in [3.05, 3.63) is 66.4 Å². The summed E-state index contributed by atoms with van der Waals surface area (Å²) in [6.07, 6.45) is 5.11. The molecule has 2 aromatic heterocycles. The predicted molar refractivity (Wildman–Crippen MR) is 104 cm³/mol. The highest BCUT2D eigenvalue weighted by Gasteiger charge is 2.13. The number of amides is 2. The fourth-order valence-corrected chi connectivity index (χ4v) is 3.18. The minimum absolute atomic E-state index is 0.116. The average Bonchev–Trinajstić information content (AvgIpc) is 3.31. The summed E-state index contributed by atoms with van der Waals surface area (Å²) in [5, 5.41) is 3.60. The zero-order chi connectivity index (χ0) is 19.2. The Hall–Kier alpha value is -3.00. The van der Waals surface area contributed by atoms with Crippen molar-refractivity contribution < 1.29 is 14.0 Å². The van der Waals surface area contributed by atoms with Crippen LogP contribution in [-0.2, 0) is 18.4 Å². The lowest BCUT2D eigenvalue weighted by molar-refractivity contribution is -0.113. The Kier molecular flexibility index (Phi) is 5.97. The largest absolute Gasteiger partial charge is 0.467 e. The van der Waals surface area contributed by atoms with Crippen LogP contribution in [0.15, 0.2) is 64.6 Å². The third kappa shape index (κ3) is 5.01. The first-order chi connectivity index (χ1) is 13.0. The van der Waals surface area contributed by atoms with Crippen LogP contribution >= 0.6 is 11.8 Å². The van der Waals surface area contributed by atoms with Crippen molar-refractivity contribution in [2.45, 2.75) is 11.7 Å². The fraction of sp³-hybridized carbons (Fsp3) is 0.211. The molecular formula is C19H20N4O3S. The SMILES string of the molecule is CN(Cc1ccco1)C(=O)c1ccc(NC(=O)CSc2nccn2C)cc1. The Balaban J connectivity index is 1.52. The molecule has 140 valence electrons. The topological polar surface area (TPSA) is 80.4 Å². The van der Waals surface area contributed by atoms with Gasteiger partial charge in [-0.2, -0.15) is 0 Å². The first-order valence-corrected chi connectivity index (χ1v) is 9.29. The molecule has 0 atom stereocenters. The van der Waals surface area contributed by atoms with Crippen LogP contribution in [-0.4, -0.2) is 39.1 Å². The Labute approximate surface area is 161 Å². The molecule has 0 bridgehead atoms. The Morgan fingerprint density at radius 1 is 1.26 bits per heavy atom. The van der Waals surface area contributed by atoms with Gasteiger partial charge in [0.15, 0.2) is 5.16 Å². The van der Waals surface area contributed by atoms with Gasteiger partial charge in [-0.15, -0.1) is 0 Å². The standard InChI is InChI=1S/C19H20N4O3S/c1-22-10-9-20-19(22)27-13-17(24)21-15-7-5-14(6-8-15)18(25)23(2)12-16-4-3-11-26-16/h3-11H,12-13H2,1-2H3,(H,21,24). The number of aryl methyl sites for hydroxylation is 1. The molecule has 1 aromatic carbocycles. The van der Waals surface area contributed by atoms with E-state index in [0.29, 0.717) is 17.8 Å². The van der Waals surface area contributed by atoms with E-state index >= 15 is 0 Å². The number of anilines is 1. The van der Waals surface area contributed by atoms with Crippen molar-refractivity contribution in [2.24, 2.45) is 7.05 Å². The second kappa shape index (κ2) is 8.59. The number of carbonyl (C=O) groups is 2. The van der Waals surface area contributed by atoms with Crippen LogP contribution < -0.4 is 5.32 Å². The molecule has 0 saturated heterocycles. The smallest absolute Gasteiger partial charge is 0.254 e. The van der Waals surface area contributed by atoms with Crippen molar-refractivity contribution in [2.75, 3.05) is 18.1 Å². The van der Waals surface area contributed by atoms with Gasteiger partial charge in [-0.05, 0) is 36.4 Å². The Bertz CT molecular complexity index is 903. The number of imidazole rings is 1. The fourth-order valence-electron chi connectivity index (χ4n) is 2.44. The molecule has 7 nitrogen and oxygen atoms in total. The van der Waals surface area contributed by atoms with Crippen LogP contribution in [0.3, 0.4) is 0 Å². The molecule has 2 heterocycles. The predicted octanol–water partition coefficient (Wildman–Crippen LogP) is 3.02. The summed E-state index contributed by atoms with van der Waals surface area (Å²) in [4.78, 5) is 30.3. The van der Waals surface area contributed by atoms with Gasteiger partial charge in [0.25, 0.3) is 5.91 Å². The van der Waals surface area contributed by atoms with Gasteiger partial charge < -0.3 is 19.2 Å². The number of benzene rings is 1. The molecule has 1 N–H and O–H groups in total. The number of carbonyl (C=O) groups excluding carboxylic acids is 2. The van der Waals surface area contributed by atoms with E-state index in [9.17, 15) is 9.59 Å². The molecule has 3 aromatic rings. The number of nitrogens with one attached hydrogen (secondary N) is 1. The molecule has 3 rings (SSSR count). The summed E-state index contributed by atoms with van der Waals surface area (Å²) in [5.74, 6) is 0.740. The summed E-state index contributed by atoms with van der Waals surface area (Å²) in [7, 11) is 3.60. The lowest BCUT2D eigenvalue weighted by Gasteiger charge is -2.16. The van der Waals surface area contributed by atoms with Crippen molar-refractivity contribution in [3.63, 3.8) is 0 Å². The van der Waals surface area contributed by atoms with Gasteiger partial charge >= 0.3 is 0 Å². The van der Waals surface area contributed by atoms with E-state index in [0.717, 1.165) is 10.9 Å². The van der Waals surface area contributed by atoms with Crippen molar-refractivity contribution >= 4 is 29.3 Å². The van der Waals surface area contributed by atoms with Crippen molar-refractivity contribution in [1.29, 1.82) is 0 Å². The highest BCUT2D eigenvalue weighted by molar-refractivity contribution is 7.99. The van der Waals surface area contributed by atoms with E-state index < -0.39 is 0 Å². The molecule has 0 aliphatic heterocycles. The summed E-state index contributed by atoms with van der Waals surface area (Å²) in [6, 6.07) is 10.4. The first-order valence-electron chi connectivity index (χ1n) is 8.31. The molecule has 27 heavy (non-hydrogen) atoms. The average molecular weight is 384 g/mol. The van der Waals surface area contributed by atoms with E-state index in [1.807, 2.05) is 23.9 Å². The molecule has 0 fully saturated rings. The maximum atomic E-state index is 12.5. The quantitative estimate of drug-likeness (QED) is 0.634. The van der Waals surface area contributed by atoms with Crippen LogP contribution in [0.2, 0.25) is 0 Å². The highest BCUT2D eigenvalue weighted by atomic mass is 32.2. The molecule has 8 heteroatoms. The van der Waals surface area contributed by atoms with E-state index in [-0.39, 0.29) is 17.6 Å². The van der Waals surface area contributed by atoms with E-state index in [4.69, 9.17) is 4.42 Å². The second-order valence-electron chi connectivity index (χ2n) is 5.98. The first kappa shape index (κ1) is 18.8. The molecule has 2 amide bonds. The number of thioether (sulfide) groups is 1. The normalized spacial score (nSPS) is 10.6. The Morgan fingerprint density at radius 3 is 2.67 bits per heavy atom. The highest BCUT2D eigenvalue weighted by Crippen LogP contribution is 2.16. The molecule has 0 radical (unpaired) electrons.